The lowest BCUT2D eigenvalue weighted by atomic mass is 9.91. The van der Waals surface area contributed by atoms with E-state index in [-0.39, 0.29) is 105 Å². The Balaban J connectivity index is 0.000000125. The molecule has 0 amide bonds. The van der Waals surface area contributed by atoms with Crippen molar-refractivity contribution in [2.45, 2.75) is 288 Å². The van der Waals surface area contributed by atoms with E-state index in [1.54, 1.807) is 31.1 Å². The fourth-order valence-corrected chi connectivity index (χ4v) is 33.5. The summed E-state index contributed by atoms with van der Waals surface area (Å²) in [6.45, 7) is 25.6. The molecule has 16 aliphatic rings. The number of benzene rings is 5. The van der Waals surface area contributed by atoms with Crippen molar-refractivity contribution in [3.63, 3.8) is 0 Å². The topological polar surface area (TPSA) is 345 Å². The molecule has 10 N–H and O–H groups in total. The average Bonchev–Trinajstić information content (AvgIpc) is 1.62. The second-order valence-corrected chi connectivity index (χ2v) is 53.5. The first kappa shape index (κ1) is 112. The highest BCUT2D eigenvalue weighted by Gasteiger charge is 2.55. The SMILES string of the molecule is CC(C)CS(=O)(=O)N1CCCC2CN([C@H]3CO[C@H](c4cc(F)ccc4F)[C@@H](N)C3)CC21.CC(C)N1CCCC2CN([C@H]3CO[C@H](c4cc(F)ccc4F)[C@@H](N)C3)CC21.CC(C)S(=O)(=O)N1CCCC2CN([C@H]3CO[C@H](c4cc(F)ccc4F)[C@@H](N)C3)CC21.CS(=O)(=O)N1CCCC2CN([C@H]3CO[C@H](c4cc(F)ccc4F)[C@@H](N)C3)CC21.N[C@H]1C[C@@H](N2CC3CCCN(S(=O)(=O)C4CC4)C3C2)CO[C@@H]1c1cc(F)ccc1F. The average molecular weight is 2140 g/mol. The van der Waals surface area contributed by atoms with Gasteiger partial charge in [-0.1, -0.05) is 13.8 Å². The molecular weight excluding hydrogens is 1990 g/mol. The van der Waals surface area contributed by atoms with Crippen LogP contribution in [0.25, 0.3) is 0 Å². The lowest BCUT2D eigenvalue weighted by Gasteiger charge is -2.40. The monoisotopic (exact) mass is 2140 g/mol. The van der Waals surface area contributed by atoms with E-state index in [9.17, 15) is 77.6 Å². The van der Waals surface area contributed by atoms with E-state index in [1.807, 2.05) is 13.8 Å². The molecule has 16 fully saturated rings. The summed E-state index contributed by atoms with van der Waals surface area (Å²) in [6.07, 6.45) is 12.9. The van der Waals surface area contributed by atoms with Crippen molar-refractivity contribution < 1.29 is 101 Å². The second-order valence-electron chi connectivity index (χ2n) is 45.0. The molecule has 146 heavy (non-hydrogen) atoms. The van der Waals surface area contributed by atoms with E-state index in [2.05, 4.69) is 43.2 Å². The van der Waals surface area contributed by atoms with Crippen molar-refractivity contribution in [2.24, 2.45) is 64.2 Å². The van der Waals surface area contributed by atoms with E-state index in [0.29, 0.717) is 147 Å². The summed E-state index contributed by atoms with van der Waals surface area (Å²) in [4.78, 5) is 14.3. The summed E-state index contributed by atoms with van der Waals surface area (Å²) in [5.41, 5.74) is 32.5. The van der Waals surface area contributed by atoms with Crippen molar-refractivity contribution in [3.8, 4) is 0 Å². The first-order chi connectivity index (χ1) is 69.3. The van der Waals surface area contributed by atoms with E-state index < -0.39 is 158 Å². The molecule has 5 aromatic rings. The molecule has 0 bridgehead atoms. The lowest BCUT2D eigenvalue weighted by molar-refractivity contribution is -0.0484. The van der Waals surface area contributed by atoms with Crippen molar-refractivity contribution in [1.29, 1.82) is 0 Å². The van der Waals surface area contributed by atoms with Crippen molar-refractivity contribution >= 4 is 40.1 Å². The Morgan fingerprint density at radius 2 is 0.575 bits per heavy atom. The van der Waals surface area contributed by atoms with Gasteiger partial charge in [-0.25, -0.2) is 77.6 Å². The summed E-state index contributed by atoms with van der Waals surface area (Å²) in [5.74, 6) is -2.76. The second kappa shape index (κ2) is 47.0. The van der Waals surface area contributed by atoms with Gasteiger partial charge in [0.1, 0.15) is 88.7 Å². The summed E-state index contributed by atoms with van der Waals surface area (Å²) in [6, 6.07) is 16.3. The zero-order valence-corrected chi connectivity index (χ0v) is 88.1. The van der Waals surface area contributed by atoms with Gasteiger partial charge >= 0.3 is 0 Å². The van der Waals surface area contributed by atoms with Gasteiger partial charge < -0.3 is 52.4 Å². The van der Waals surface area contributed by atoms with Crippen LogP contribution >= 0.6 is 0 Å². The van der Waals surface area contributed by atoms with Crippen molar-refractivity contribution in [2.75, 3.05) is 143 Å². The summed E-state index contributed by atoms with van der Waals surface area (Å²) < 4.78 is 277. The molecule has 1 aliphatic carbocycles. The molecule has 0 spiro atoms. The van der Waals surface area contributed by atoms with Gasteiger partial charge in [-0.05, 0) is 270 Å². The fourth-order valence-electron chi connectivity index (χ4n) is 26.6. The van der Waals surface area contributed by atoms with E-state index >= 15 is 0 Å². The number of sulfonamides is 4. The molecule has 42 heteroatoms. The highest BCUT2D eigenvalue weighted by atomic mass is 32.2. The highest BCUT2D eigenvalue weighted by Crippen LogP contribution is 2.47. The largest absolute Gasteiger partial charge is 0.370 e. The van der Waals surface area contributed by atoms with Gasteiger partial charge in [-0.15, -0.1) is 0 Å². The van der Waals surface area contributed by atoms with Crippen LogP contribution in [0.15, 0.2) is 91.0 Å². The van der Waals surface area contributed by atoms with Gasteiger partial charge in [0, 0.05) is 216 Å². The number of nitrogens with zero attached hydrogens (tertiary/aromatic N) is 10. The normalized spacial score (nSPS) is 34.7. The summed E-state index contributed by atoms with van der Waals surface area (Å²) >= 11 is 0. The Hall–Kier alpha value is -5.60. The van der Waals surface area contributed by atoms with Crippen LogP contribution in [-0.4, -0.2) is 331 Å². The molecule has 25 atom stereocenters. The minimum atomic E-state index is -3.30. The first-order valence-corrected chi connectivity index (χ1v) is 59.4. The smallest absolute Gasteiger partial charge is 0.217 e. The summed E-state index contributed by atoms with van der Waals surface area (Å²) in [5, 5.41) is -0.614. The molecular formula is C104H151F10N15O13S4. The minimum Gasteiger partial charge on any atom is -0.370 e. The molecule has 1 saturated carbocycles. The molecule has 15 saturated heterocycles. The maximum absolute atomic E-state index is 14.2. The zero-order chi connectivity index (χ0) is 104. The van der Waals surface area contributed by atoms with Crippen LogP contribution in [0.4, 0.5) is 43.9 Å². The Morgan fingerprint density at radius 1 is 0.322 bits per heavy atom. The van der Waals surface area contributed by atoms with Crippen LogP contribution in [0, 0.1) is 93.7 Å². The number of hydrogen-bond acceptors (Lipinski definition) is 24. The lowest BCUT2D eigenvalue weighted by Crippen LogP contribution is -2.51. The van der Waals surface area contributed by atoms with Gasteiger partial charge in [-0.3, -0.25) is 29.4 Å². The van der Waals surface area contributed by atoms with Crippen molar-refractivity contribution in [1.82, 2.24) is 46.6 Å². The number of halogens is 10. The standard InChI is InChI=1S/C22H33F2N3O3S.C21H29F2N3O3S.C21H31F2N3O3S.C21H31F2N3O.C19H27F2N3O3S/c1-14(2)13-31(28,29)27-7-3-4-15-10-26(11-21(15)27)17-9-20(25)22(30-12-17)18-8-16(23)5-6-19(18)24;22-14-3-6-18(23)17(8-14)21-19(24)9-15(12-29-21)25-10-13-2-1-7-26(20(13)11-25)30(27,28)16-4-5-16;1-13(2)30(27,28)26-7-3-4-14-10-25(11-20(14)26)16-9-19(24)21(29-12-16)17-8-15(22)5-6-18(17)23;1-13(2)26-7-3-4-14-10-25(11-20(14)26)16-9-19(24)21(27-12-16)17-8-15(22)5-6-18(17)23;1-28(25,26)24-6-2-3-12-9-23(10-18(12)24)14-8-17(22)19(27-11-14)15-7-13(20)4-5-16(15)21/h5-6,8,14-15,17,20-22H,3-4,7,9-13,25H2,1-2H3;3,6,8,13,15-16,19-21H,1-2,4-5,7,9-12,24H2;5-6,8,13-14,16,19-21H,3-4,7,9-12,24H2,1-2H3;5-6,8,13-14,16,19-21H,3-4,7,9-12,24H2,1-2H3;4-5,7,12,14,17-19H,2-3,6,8-11,22H2,1H3/t15?,17-,20+,21?,22-;13?,15-,19+,20?,21-;2*14?,16-,19+,20?,21-;12?,14-,17+,18?,19-/m11111/s1. The van der Waals surface area contributed by atoms with Crippen molar-refractivity contribution in [3.05, 3.63) is 177 Å². The Kier molecular flexibility index (Phi) is 35.9. The molecule has 0 aromatic heterocycles. The van der Waals surface area contributed by atoms with Crippen LogP contribution in [0.3, 0.4) is 0 Å². The number of nitrogens with two attached hydrogens (primary N) is 5. The van der Waals surface area contributed by atoms with Crippen LogP contribution in [0.1, 0.15) is 209 Å². The van der Waals surface area contributed by atoms with Gasteiger partial charge in [0.2, 0.25) is 40.1 Å². The molecule has 15 aliphatic heterocycles. The van der Waals surface area contributed by atoms with Crippen LogP contribution in [-0.2, 0) is 63.8 Å². The van der Waals surface area contributed by atoms with E-state index in [0.717, 1.165) is 201 Å². The number of hydrogen-bond donors (Lipinski definition) is 5. The molecule has 814 valence electrons. The number of likely N-dealkylation sites (tertiary alicyclic amines) is 6. The van der Waals surface area contributed by atoms with Gasteiger partial charge in [0.05, 0.1) is 55.5 Å². The third-order valence-corrected chi connectivity index (χ3v) is 42.3. The Morgan fingerprint density at radius 3 is 0.849 bits per heavy atom. The van der Waals surface area contributed by atoms with E-state index in [4.69, 9.17) is 52.4 Å². The highest BCUT2D eigenvalue weighted by molar-refractivity contribution is 7.90. The summed E-state index contributed by atoms with van der Waals surface area (Å²) in [7, 11) is -13.0. The molecule has 5 aromatic carbocycles. The number of fused-ring (bicyclic) bond motifs is 5. The molecule has 15 heterocycles. The van der Waals surface area contributed by atoms with Crippen LogP contribution in [0.5, 0.6) is 0 Å². The number of piperidine rings is 5. The predicted molar refractivity (Wildman–Crippen MR) is 536 cm³/mol. The van der Waals surface area contributed by atoms with Gasteiger partial charge in [0.25, 0.3) is 0 Å². The molecule has 0 radical (unpaired) electrons. The number of rotatable bonds is 19. The molecule has 21 rings (SSSR count). The maximum atomic E-state index is 14.2. The van der Waals surface area contributed by atoms with Crippen LogP contribution < -0.4 is 28.7 Å². The van der Waals surface area contributed by atoms with Gasteiger partial charge in [-0.2, -0.15) is 17.2 Å². The third kappa shape index (κ3) is 25.1. The predicted octanol–water partition coefficient (Wildman–Crippen LogP) is 11.2. The quantitative estimate of drug-likeness (QED) is 0.0479. The minimum absolute atomic E-state index is 0.00152. The molecule has 10 unspecified atom stereocenters. The third-order valence-electron chi connectivity index (χ3n) is 34.0. The Labute approximate surface area is 855 Å². The fraction of sp³-hybridized carbons (Fsp3) is 0.712. The van der Waals surface area contributed by atoms with Crippen LogP contribution in [0.2, 0.25) is 0 Å². The van der Waals surface area contributed by atoms with Gasteiger partial charge in [0.15, 0.2) is 0 Å². The maximum Gasteiger partial charge on any atom is 0.217 e. The first-order valence-electron chi connectivity index (χ1n) is 52.9. The zero-order valence-electron chi connectivity index (χ0n) is 84.9. The Bertz CT molecular complexity index is 5660. The molecule has 28 nitrogen and oxygen atoms in total. The number of ether oxygens (including phenoxy) is 5. The van der Waals surface area contributed by atoms with E-state index in [1.165, 1.54) is 31.7 Å².